The first-order chi connectivity index (χ1) is 12.8. The number of nitrogens with one attached hydrogen (secondary N) is 1. The van der Waals surface area contributed by atoms with Crippen LogP contribution < -0.4 is 5.32 Å². The van der Waals surface area contributed by atoms with Gasteiger partial charge in [-0.05, 0) is 51.7 Å². The zero-order valence-corrected chi connectivity index (χ0v) is 16.2. The molecule has 142 valence electrons. The fourth-order valence-electron chi connectivity index (χ4n) is 3.32. The second-order valence-electron chi connectivity index (χ2n) is 6.96. The van der Waals surface area contributed by atoms with Crippen LogP contribution in [-0.2, 0) is 7.05 Å². The number of carbonyl (C=O) groups is 1. The number of aryl methyl sites for hydroxylation is 3. The summed E-state index contributed by atoms with van der Waals surface area (Å²) in [4.78, 5) is 19.4. The average molecular weight is 369 g/mol. The quantitative estimate of drug-likeness (QED) is 0.751. The van der Waals surface area contributed by atoms with Gasteiger partial charge in [-0.3, -0.25) is 9.48 Å². The summed E-state index contributed by atoms with van der Waals surface area (Å²) in [5, 5.41) is 8.16. The Morgan fingerprint density at radius 2 is 1.93 bits per heavy atom. The molecule has 0 saturated carbocycles. The summed E-state index contributed by atoms with van der Waals surface area (Å²) in [6, 6.07) is 8.07. The number of hydrogen-bond acceptors (Lipinski definition) is 4. The van der Waals surface area contributed by atoms with Gasteiger partial charge in [0.05, 0.1) is 22.7 Å². The van der Waals surface area contributed by atoms with E-state index >= 15 is 0 Å². The van der Waals surface area contributed by atoms with Gasteiger partial charge in [-0.15, -0.1) is 0 Å². The van der Waals surface area contributed by atoms with Crippen LogP contribution >= 0.6 is 0 Å². The van der Waals surface area contributed by atoms with Gasteiger partial charge in [0.15, 0.2) is 5.65 Å². The summed E-state index contributed by atoms with van der Waals surface area (Å²) in [7, 11) is 5.68. The normalized spacial score (nSPS) is 12.6. The van der Waals surface area contributed by atoms with Gasteiger partial charge in [0.1, 0.15) is 5.82 Å². The van der Waals surface area contributed by atoms with E-state index < -0.39 is 0 Å². The van der Waals surface area contributed by atoms with Crippen LogP contribution in [0.4, 0.5) is 4.39 Å². The van der Waals surface area contributed by atoms with Crippen LogP contribution in [0.1, 0.15) is 33.4 Å². The van der Waals surface area contributed by atoms with Crippen LogP contribution in [0.15, 0.2) is 30.3 Å². The number of amides is 1. The maximum Gasteiger partial charge on any atom is 0.252 e. The summed E-state index contributed by atoms with van der Waals surface area (Å²) < 4.78 is 14.9. The molecule has 7 heteroatoms. The van der Waals surface area contributed by atoms with Crippen molar-refractivity contribution in [1.29, 1.82) is 0 Å². The molecule has 0 aliphatic rings. The Balaban J connectivity index is 1.86. The van der Waals surface area contributed by atoms with Crippen molar-refractivity contribution in [1.82, 2.24) is 25.0 Å². The Morgan fingerprint density at radius 3 is 2.56 bits per heavy atom. The predicted octanol–water partition coefficient (Wildman–Crippen LogP) is 2.76. The first-order valence-electron chi connectivity index (χ1n) is 8.79. The second kappa shape index (κ2) is 7.44. The van der Waals surface area contributed by atoms with Crippen LogP contribution in [0.3, 0.4) is 0 Å². The minimum absolute atomic E-state index is 0.0667. The van der Waals surface area contributed by atoms with Gasteiger partial charge in [0, 0.05) is 19.3 Å². The van der Waals surface area contributed by atoms with Crippen molar-refractivity contribution in [3.8, 4) is 0 Å². The third-order valence-electron chi connectivity index (χ3n) is 4.68. The van der Waals surface area contributed by atoms with E-state index in [4.69, 9.17) is 0 Å². The third-order valence-corrected chi connectivity index (χ3v) is 4.68. The molecule has 1 amide bonds. The van der Waals surface area contributed by atoms with E-state index in [-0.39, 0.29) is 17.8 Å². The number of halogens is 1. The van der Waals surface area contributed by atoms with Crippen molar-refractivity contribution < 1.29 is 9.18 Å². The van der Waals surface area contributed by atoms with Crippen LogP contribution in [0, 0.1) is 19.7 Å². The molecule has 0 radical (unpaired) electrons. The highest BCUT2D eigenvalue weighted by Crippen LogP contribution is 2.22. The molecule has 0 aliphatic carbocycles. The van der Waals surface area contributed by atoms with Crippen molar-refractivity contribution in [3.05, 3.63) is 58.7 Å². The lowest BCUT2D eigenvalue weighted by Crippen LogP contribution is -2.34. The summed E-state index contributed by atoms with van der Waals surface area (Å²) in [5.74, 6) is -0.447. The van der Waals surface area contributed by atoms with Gasteiger partial charge in [-0.1, -0.05) is 12.1 Å². The van der Waals surface area contributed by atoms with E-state index in [0.29, 0.717) is 17.8 Å². The Kier molecular flexibility index (Phi) is 5.23. The first kappa shape index (κ1) is 19.0. The van der Waals surface area contributed by atoms with Crippen molar-refractivity contribution in [3.63, 3.8) is 0 Å². The van der Waals surface area contributed by atoms with Gasteiger partial charge in [-0.25, -0.2) is 9.37 Å². The molecule has 0 saturated heterocycles. The number of nitrogens with zero attached hydrogens (tertiary/aromatic N) is 4. The van der Waals surface area contributed by atoms with Crippen LogP contribution in [-0.4, -0.2) is 46.2 Å². The first-order valence-corrected chi connectivity index (χ1v) is 8.79. The molecule has 27 heavy (non-hydrogen) atoms. The van der Waals surface area contributed by atoms with Gasteiger partial charge >= 0.3 is 0 Å². The summed E-state index contributed by atoms with van der Waals surface area (Å²) >= 11 is 0. The second-order valence-corrected chi connectivity index (χ2v) is 6.96. The number of hydrogen-bond donors (Lipinski definition) is 1. The molecule has 2 heterocycles. The largest absolute Gasteiger partial charge is 0.350 e. The molecule has 0 fully saturated rings. The molecule has 0 spiro atoms. The zero-order valence-electron chi connectivity index (χ0n) is 16.2. The highest BCUT2D eigenvalue weighted by atomic mass is 19.1. The Morgan fingerprint density at radius 1 is 1.26 bits per heavy atom. The number of aromatic nitrogens is 3. The van der Waals surface area contributed by atoms with E-state index in [1.54, 1.807) is 22.9 Å². The van der Waals surface area contributed by atoms with Crippen molar-refractivity contribution >= 4 is 16.9 Å². The highest BCUT2D eigenvalue weighted by molar-refractivity contribution is 6.06. The molecular weight excluding hydrogens is 345 g/mol. The lowest BCUT2D eigenvalue weighted by molar-refractivity contribution is 0.0943. The van der Waals surface area contributed by atoms with Crippen LogP contribution in [0.25, 0.3) is 11.0 Å². The Labute approximate surface area is 158 Å². The number of likely N-dealkylation sites (N-methyl/N-ethyl adjacent to an activating group) is 1. The van der Waals surface area contributed by atoms with E-state index in [1.165, 1.54) is 12.1 Å². The maximum atomic E-state index is 13.2. The Bertz CT molecular complexity index is 978. The Hall–Kier alpha value is -2.80. The van der Waals surface area contributed by atoms with Gasteiger partial charge in [-0.2, -0.15) is 5.10 Å². The van der Waals surface area contributed by atoms with E-state index in [9.17, 15) is 9.18 Å². The van der Waals surface area contributed by atoms with Gasteiger partial charge in [0.2, 0.25) is 0 Å². The number of benzene rings is 1. The minimum Gasteiger partial charge on any atom is -0.350 e. The maximum absolute atomic E-state index is 13.2. The number of carbonyl (C=O) groups excluding carboxylic acids is 1. The number of pyridine rings is 1. The van der Waals surface area contributed by atoms with Crippen molar-refractivity contribution in [2.75, 3.05) is 20.6 Å². The zero-order chi connectivity index (χ0) is 19.7. The van der Waals surface area contributed by atoms with E-state index in [1.807, 2.05) is 39.9 Å². The molecule has 1 N–H and O–H groups in total. The molecule has 2 aromatic heterocycles. The molecule has 3 rings (SSSR count). The highest BCUT2D eigenvalue weighted by Gasteiger charge is 2.20. The van der Waals surface area contributed by atoms with Crippen LogP contribution in [0.5, 0.6) is 0 Å². The minimum atomic E-state index is -0.276. The summed E-state index contributed by atoms with van der Waals surface area (Å²) in [6.45, 7) is 4.14. The molecule has 0 aliphatic heterocycles. The lowest BCUT2D eigenvalue weighted by atomic mass is 10.1. The molecule has 0 bridgehead atoms. The summed E-state index contributed by atoms with van der Waals surface area (Å²) in [5.41, 5.74) is 3.74. The fourth-order valence-corrected chi connectivity index (χ4v) is 3.32. The molecule has 1 aromatic carbocycles. The summed E-state index contributed by atoms with van der Waals surface area (Å²) in [6.07, 6.45) is 0. The molecular formula is C20H24FN5O. The fraction of sp³-hybridized carbons (Fsp3) is 0.350. The monoisotopic (exact) mass is 369 g/mol. The standard InChI is InChI=1S/C20H24FN5O/c1-12-10-16(18-13(2)24-26(5)19(18)23-12)20(27)22-11-17(25(3)4)14-6-8-15(21)9-7-14/h6-10,17H,11H2,1-5H3,(H,22,27). The molecule has 1 unspecified atom stereocenters. The lowest BCUT2D eigenvalue weighted by Gasteiger charge is -2.25. The predicted molar refractivity (Wildman–Crippen MR) is 103 cm³/mol. The average Bonchev–Trinajstić information content (AvgIpc) is 2.89. The number of fused-ring (bicyclic) bond motifs is 1. The van der Waals surface area contributed by atoms with Gasteiger partial charge in [0.25, 0.3) is 5.91 Å². The topological polar surface area (TPSA) is 63.1 Å². The molecule has 6 nitrogen and oxygen atoms in total. The van der Waals surface area contributed by atoms with E-state index in [2.05, 4.69) is 15.4 Å². The smallest absolute Gasteiger partial charge is 0.252 e. The third kappa shape index (κ3) is 3.83. The van der Waals surface area contributed by atoms with Crippen LogP contribution in [0.2, 0.25) is 0 Å². The molecule has 3 aromatic rings. The SMILES string of the molecule is Cc1cc(C(=O)NCC(c2ccc(F)cc2)N(C)C)c2c(C)nn(C)c2n1. The molecule has 1 atom stereocenters. The number of rotatable bonds is 5. The van der Waals surface area contributed by atoms with E-state index in [0.717, 1.165) is 22.3 Å². The van der Waals surface area contributed by atoms with Gasteiger partial charge < -0.3 is 10.2 Å². The van der Waals surface area contributed by atoms with Crippen molar-refractivity contribution in [2.45, 2.75) is 19.9 Å². The van der Waals surface area contributed by atoms with Crippen molar-refractivity contribution in [2.24, 2.45) is 7.05 Å².